The summed E-state index contributed by atoms with van der Waals surface area (Å²) in [5.74, 6) is -2.96. The third kappa shape index (κ3) is 4.38. The molecule has 1 aromatic carbocycles. The SMILES string of the molecule is O=C([O-])CC(Sc1nc2ccccc2o1)C(=O)[O-].[Ca+2]. The Hall–Kier alpha value is -0.760. The van der Waals surface area contributed by atoms with Crippen LogP contribution < -0.4 is 10.2 Å². The Bertz CT molecular complexity index is 567. The first kappa shape index (κ1) is 16.3. The maximum Gasteiger partial charge on any atom is 2.00 e. The van der Waals surface area contributed by atoms with Crippen molar-refractivity contribution in [2.75, 3.05) is 0 Å². The van der Waals surface area contributed by atoms with Crippen molar-refractivity contribution in [3.63, 3.8) is 0 Å². The minimum Gasteiger partial charge on any atom is -0.550 e. The van der Waals surface area contributed by atoms with Crippen LogP contribution in [0.1, 0.15) is 6.42 Å². The van der Waals surface area contributed by atoms with E-state index in [0.29, 0.717) is 22.9 Å². The number of fused-ring (bicyclic) bond motifs is 1. The summed E-state index contributed by atoms with van der Waals surface area (Å²) in [5.41, 5.74) is 1.08. The van der Waals surface area contributed by atoms with Gasteiger partial charge in [-0.15, -0.1) is 0 Å². The maximum absolute atomic E-state index is 10.8. The maximum atomic E-state index is 10.8. The van der Waals surface area contributed by atoms with Gasteiger partial charge < -0.3 is 24.2 Å². The molecule has 0 bridgehead atoms. The fourth-order valence-corrected chi connectivity index (χ4v) is 2.20. The van der Waals surface area contributed by atoms with Gasteiger partial charge in [-0.2, -0.15) is 0 Å². The fraction of sp³-hybridized carbons (Fsp3) is 0.182. The van der Waals surface area contributed by atoms with Crippen LogP contribution in [0.2, 0.25) is 0 Å². The predicted molar refractivity (Wildman–Crippen MR) is 64.0 cm³/mol. The second kappa shape index (κ2) is 7.14. The molecule has 0 spiro atoms. The molecule has 1 unspecified atom stereocenters. The first-order valence-corrected chi connectivity index (χ1v) is 5.87. The van der Waals surface area contributed by atoms with E-state index < -0.39 is 23.6 Å². The zero-order chi connectivity index (χ0) is 13.1. The Balaban J connectivity index is 0.00000180. The Labute approximate surface area is 142 Å². The molecule has 0 fully saturated rings. The van der Waals surface area contributed by atoms with Crippen LogP contribution >= 0.6 is 11.8 Å². The number of para-hydroxylation sites is 2. The Morgan fingerprint density at radius 3 is 2.58 bits per heavy atom. The quantitative estimate of drug-likeness (QED) is 0.504. The van der Waals surface area contributed by atoms with Crippen LogP contribution in [0, 0.1) is 0 Å². The van der Waals surface area contributed by atoms with Gasteiger partial charge in [0.1, 0.15) is 5.52 Å². The average molecular weight is 305 g/mol. The zero-order valence-corrected chi connectivity index (χ0v) is 12.7. The molecule has 94 valence electrons. The molecule has 1 aromatic heterocycles. The molecule has 6 nitrogen and oxygen atoms in total. The molecule has 1 heterocycles. The monoisotopic (exact) mass is 305 g/mol. The van der Waals surface area contributed by atoms with Gasteiger partial charge >= 0.3 is 37.7 Å². The van der Waals surface area contributed by atoms with Crippen molar-refractivity contribution in [2.24, 2.45) is 0 Å². The Morgan fingerprint density at radius 1 is 1.32 bits per heavy atom. The zero-order valence-electron chi connectivity index (χ0n) is 9.70. The smallest absolute Gasteiger partial charge is 0.550 e. The minimum absolute atomic E-state index is 0. The van der Waals surface area contributed by atoms with E-state index in [0.717, 1.165) is 0 Å². The van der Waals surface area contributed by atoms with Gasteiger partial charge in [0, 0.05) is 12.4 Å². The molecule has 0 saturated heterocycles. The summed E-state index contributed by atoms with van der Waals surface area (Å²) >= 11 is 0.690. The summed E-state index contributed by atoms with van der Waals surface area (Å²) in [4.78, 5) is 25.2. The number of benzene rings is 1. The van der Waals surface area contributed by atoms with Crippen molar-refractivity contribution < 1.29 is 24.2 Å². The van der Waals surface area contributed by atoms with Gasteiger partial charge in [-0.25, -0.2) is 4.98 Å². The molecule has 2 rings (SSSR count). The number of hydrogen-bond donors (Lipinski definition) is 0. The molecular weight excluding hydrogens is 298 g/mol. The van der Waals surface area contributed by atoms with Crippen LogP contribution in [0.25, 0.3) is 11.1 Å². The molecular formula is C11H7CaNO5S. The molecule has 1 atom stereocenters. The van der Waals surface area contributed by atoms with Crippen LogP contribution in [0.4, 0.5) is 0 Å². The largest absolute Gasteiger partial charge is 2.00 e. The molecule has 8 heteroatoms. The molecule has 0 radical (unpaired) electrons. The summed E-state index contributed by atoms with van der Waals surface area (Å²) in [6.45, 7) is 0. The summed E-state index contributed by atoms with van der Waals surface area (Å²) in [7, 11) is 0. The number of thioether (sulfide) groups is 1. The summed E-state index contributed by atoms with van der Waals surface area (Å²) in [6, 6.07) is 6.89. The number of hydrogen-bond acceptors (Lipinski definition) is 7. The first-order valence-electron chi connectivity index (χ1n) is 4.99. The van der Waals surface area contributed by atoms with Crippen molar-refractivity contribution in [3.05, 3.63) is 24.3 Å². The van der Waals surface area contributed by atoms with E-state index in [2.05, 4.69) is 4.98 Å². The number of carbonyl (C=O) groups excluding carboxylic acids is 2. The minimum atomic E-state index is -1.49. The fourth-order valence-electron chi connectivity index (χ4n) is 1.35. The van der Waals surface area contributed by atoms with E-state index in [4.69, 9.17) is 4.42 Å². The summed E-state index contributed by atoms with van der Waals surface area (Å²) in [6.07, 6.45) is -0.661. The van der Waals surface area contributed by atoms with E-state index >= 15 is 0 Å². The van der Waals surface area contributed by atoms with E-state index in [1.54, 1.807) is 24.3 Å². The molecule has 2 aromatic rings. The number of carboxylic acid groups (broad SMARTS) is 2. The normalized spacial score (nSPS) is 11.8. The summed E-state index contributed by atoms with van der Waals surface area (Å²) in [5, 5.41) is 20.0. The number of carbonyl (C=O) groups is 2. The van der Waals surface area contributed by atoms with Crippen LogP contribution in [0.3, 0.4) is 0 Å². The third-order valence-corrected chi connectivity index (χ3v) is 3.15. The van der Waals surface area contributed by atoms with Crippen LogP contribution in [0.15, 0.2) is 33.9 Å². The van der Waals surface area contributed by atoms with Crippen LogP contribution in [-0.4, -0.2) is 59.9 Å². The van der Waals surface area contributed by atoms with Crippen molar-refractivity contribution in [3.8, 4) is 0 Å². The standard InChI is InChI=1S/C11H9NO5S.Ca/c13-9(14)5-8(10(15)16)18-11-12-6-3-1-2-4-7(6)17-11;/h1-4,8H,5H2,(H,13,14)(H,15,16);/q;+2/p-2. The van der Waals surface area contributed by atoms with E-state index in [1.807, 2.05) is 0 Å². The van der Waals surface area contributed by atoms with Gasteiger partial charge in [-0.3, -0.25) is 0 Å². The first-order chi connectivity index (χ1) is 8.56. The molecule has 0 N–H and O–H groups in total. The molecule has 0 aliphatic heterocycles. The average Bonchev–Trinajstić information content (AvgIpc) is 2.69. The van der Waals surface area contributed by atoms with Crippen molar-refractivity contribution in [1.82, 2.24) is 4.98 Å². The Morgan fingerprint density at radius 2 is 2.00 bits per heavy atom. The van der Waals surface area contributed by atoms with Crippen LogP contribution in [-0.2, 0) is 9.59 Å². The third-order valence-electron chi connectivity index (χ3n) is 2.13. The molecule has 0 aliphatic rings. The van der Waals surface area contributed by atoms with Crippen molar-refractivity contribution in [2.45, 2.75) is 16.9 Å². The summed E-state index contributed by atoms with van der Waals surface area (Å²) < 4.78 is 5.28. The second-order valence-electron chi connectivity index (χ2n) is 3.45. The van der Waals surface area contributed by atoms with Crippen molar-refractivity contribution >= 4 is 72.5 Å². The second-order valence-corrected chi connectivity index (χ2v) is 4.60. The number of aromatic nitrogens is 1. The van der Waals surface area contributed by atoms with E-state index in [9.17, 15) is 19.8 Å². The predicted octanol–water partition coefficient (Wildman–Crippen LogP) is -1.20. The van der Waals surface area contributed by atoms with Gasteiger partial charge in [0.2, 0.25) is 0 Å². The van der Waals surface area contributed by atoms with Crippen LogP contribution in [0.5, 0.6) is 0 Å². The number of oxazole rings is 1. The molecule has 19 heavy (non-hydrogen) atoms. The topological polar surface area (TPSA) is 106 Å². The number of rotatable bonds is 5. The van der Waals surface area contributed by atoms with Gasteiger partial charge in [0.05, 0.1) is 11.2 Å². The Kier molecular flexibility index (Phi) is 6.12. The van der Waals surface area contributed by atoms with E-state index in [1.165, 1.54) is 0 Å². The molecule has 0 saturated carbocycles. The number of aliphatic carboxylic acids is 2. The number of nitrogens with zero attached hydrogens (tertiary/aromatic N) is 1. The van der Waals surface area contributed by atoms with Crippen molar-refractivity contribution in [1.29, 1.82) is 0 Å². The van der Waals surface area contributed by atoms with E-state index in [-0.39, 0.29) is 43.0 Å². The van der Waals surface area contributed by atoms with Gasteiger partial charge in [0.25, 0.3) is 5.22 Å². The number of carboxylic acids is 2. The molecule has 0 aliphatic carbocycles. The van der Waals surface area contributed by atoms with Gasteiger partial charge in [-0.05, 0) is 12.1 Å². The van der Waals surface area contributed by atoms with Gasteiger partial charge in [0.15, 0.2) is 5.58 Å². The van der Waals surface area contributed by atoms with Gasteiger partial charge in [-0.1, -0.05) is 23.9 Å². The molecule has 0 amide bonds.